The Labute approximate surface area is 325 Å². The Balaban J connectivity index is 1.45. The second kappa shape index (κ2) is 11.8. The monoisotopic (exact) mass is 709 g/mol. The van der Waals surface area contributed by atoms with Gasteiger partial charge in [0.2, 0.25) is 0 Å². The molecule has 268 valence electrons. The fourth-order valence-corrected chi connectivity index (χ4v) is 10.3. The van der Waals surface area contributed by atoms with Crippen molar-refractivity contribution in [3.63, 3.8) is 0 Å². The maximum atomic E-state index is 2.69. The fourth-order valence-electron chi connectivity index (χ4n) is 10.3. The van der Waals surface area contributed by atoms with Crippen molar-refractivity contribution in [2.24, 2.45) is 0 Å². The Bertz CT molecular complexity index is 2760. The molecule has 8 aromatic rings. The highest BCUT2D eigenvalue weighted by atomic mass is 15.2. The molecule has 0 unspecified atom stereocenters. The Hall–Kier alpha value is -5.92. The van der Waals surface area contributed by atoms with Gasteiger partial charge in [-0.1, -0.05) is 194 Å². The lowest BCUT2D eigenvalue weighted by molar-refractivity contribution is 0.587. The zero-order chi connectivity index (χ0) is 37.9. The van der Waals surface area contributed by atoms with Gasteiger partial charge in [-0.2, -0.15) is 0 Å². The zero-order valence-electron chi connectivity index (χ0n) is 33.0. The van der Waals surface area contributed by atoms with Gasteiger partial charge < -0.3 is 4.90 Å². The van der Waals surface area contributed by atoms with Crippen molar-refractivity contribution >= 4 is 38.6 Å². The van der Waals surface area contributed by atoms with Crippen LogP contribution in [0.1, 0.15) is 76.3 Å². The van der Waals surface area contributed by atoms with E-state index in [1.807, 2.05) is 0 Å². The van der Waals surface area contributed by atoms with Crippen LogP contribution in [0.15, 0.2) is 158 Å². The number of nitrogens with zero attached hydrogens (tertiary/aromatic N) is 1. The van der Waals surface area contributed by atoms with Crippen LogP contribution >= 0.6 is 0 Å². The largest absolute Gasteiger partial charge is 0.309 e. The molecular weight excluding hydrogens is 663 g/mol. The summed E-state index contributed by atoms with van der Waals surface area (Å²) in [5, 5.41) is 4.96. The molecule has 0 aromatic heterocycles. The van der Waals surface area contributed by atoms with Gasteiger partial charge in [-0.15, -0.1) is 0 Å². The summed E-state index contributed by atoms with van der Waals surface area (Å²) in [6.45, 7) is 17.1. The van der Waals surface area contributed by atoms with Crippen molar-refractivity contribution in [3.05, 3.63) is 186 Å². The summed E-state index contributed by atoms with van der Waals surface area (Å²) in [4.78, 5) is 2.69. The lowest BCUT2D eigenvalue weighted by Gasteiger charge is -2.40. The molecule has 0 N–H and O–H groups in total. The number of fused-ring (bicyclic) bond motifs is 8. The normalized spacial score (nSPS) is 14.7. The molecule has 2 aliphatic carbocycles. The van der Waals surface area contributed by atoms with Gasteiger partial charge in [0.15, 0.2) is 0 Å². The number of hydrogen-bond donors (Lipinski definition) is 0. The third-order valence-electron chi connectivity index (χ3n) is 12.7. The molecular formula is C54H47N. The summed E-state index contributed by atoms with van der Waals surface area (Å²) in [6.07, 6.45) is 0. The van der Waals surface area contributed by atoms with E-state index in [0.717, 1.165) is 0 Å². The minimum Gasteiger partial charge on any atom is -0.309 e. The molecule has 0 saturated carbocycles. The Morgan fingerprint density at radius 2 is 0.909 bits per heavy atom. The quantitative estimate of drug-likeness (QED) is 0.176. The summed E-state index contributed by atoms with van der Waals surface area (Å²) in [6, 6.07) is 58.8. The molecule has 10 rings (SSSR count). The first-order valence-electron chi connectivity index (χ1n) is 19.8. The van der Waals surface area contributed by atoms with Crippen molar-refractivity contribution in [1.29, 1.82) is 0 Å². The molecule has 55 heavy (non-hydrogen) atoms. The lowest BCUT2D eigenvalue weighted by Crippen LogP contribution is -2.28. The second-order valence-electron chi connectivity index (χ2n) is 17.7. The molecule has 1 heteroatoms. The summed E-state index contributed by atoms with van der Waals surface area (Å²) in [5.74, 6) is 0. The molecule has 0 aliphatic heterocycles. The summed E-state index contributed by atoms with van der Waals surface area (Å²) in [7, 11) is 0. The van der Waals surface area contributed by atoms with Crippen LogP contribution in [-0.4, -0.2) is 0 Å². The minimum absolute atomic E-state index is 0.123. The Kier molecular flexibility index (Phi) is 7.21. The average Bonchev–Trinajstić information content (AvgIpc) is 3.57. The zero-order valence-corrected chi connectivity index (χ0v) is 33.0. The molecule has 0 bridgehead atoms. The van der Waals surface area contributed by atoms with Crippen LogP contribution in [-0.2, 0) is 16.2 Å². The highest BCUT2D eigenvalue weighted by Gasteiger charge is 2.50. The van der Waals surface area contributed by atoms with Crippen LogP contribution in [0.4, 0.5) is 17.1 Å². The van der Waals surface area contributed by atoms with E-state index in [-0.39, 0.29) is 16.2 Å². The van der Waals surface area contributed by atoms with Crippen molar-refractivity contribution in [3.8, 4) is 33.4 Å². The van der Waals surface area contributed by atoms with Gasteiger partial charge in [0.1, 0.15) is 0 Å². The minimum atomic E-state index is -0.274. The van der Waals surface area contributed by atoms with E-state index in [0.29, 0.717) is 0 Å². The third-order valence-corrected chi connectivity index (χ3v) is 12.7. The van der Waals surface area contributed by atoms with Crippen LogP contribution in [0, 0.1) is 0 Å². The van der Waals surface area contributed by atoms with Crippen molar-refractivity contribution in [2.45, 2.75) is 64.7 Å². The van der Waals surface area contributed by atoms with E-state index in [9.17, 15) is 0 Å². The number of anilines is 3. The lowest BCUT2D eigenvalue weighted by atomic mass is 9.70. The van der Waals surface area contributed by atoms with Gasteiger partial charge in [-0.25, -0.2) is 0 Å². The first-order chi connectivity index (χ1) is 26.5. The topological polar surface area (TPSA) is 3.24 Å². The molecule has 0 spiro atoms. The van der Waals surface area contributed by atoms with E-state index < -0.39 is 0 Å². The Morgan fingerprint density at radius 1 is 0.418 bits per heavy atom. The number of hydrogen-bond acceptors (Lipinski definition) is 1. The van der Waals surface area contributed by atoms with Crippen molar-refractivity contribution < 1.29 is 0 Å². The van der Waals surface area contributed by atoms with Gasteiger partial charge in [0.05, 0.1) is 17.1 Å². The molecule has 0 radical (unpaired) electrons. The molecule has 0 amide bonds. The molecule has 2 aliphatic rings. The third kappa shape index (κ3) is 4.72. The second-order valence-corrected chi connectivity index (χ2v) is 17.7. The van der Waals surface area contributed by atoms with E-state index >= 15 is 0 Å². The molecule has 0 atom stereocenters. The van der Waals surface area contributed by atoms with E-state index in [1.54, 1.807) is 0 Å². The van der Waals surface area contributed by atoms with Gasteiger partial charge in [-0.3, -0.25) is 0 Å². The molecule has 0 fully saturated rings. The van der Waals surface area contributed by atoms with Gasteiger partial charge in [0, 0.05) is 21.6 Å². The molecule has 1 nitrogen and oxygen atoms in total. The highest BCUT2D eigenvalue weighted by Crippen LogP contribution is 2.66. The smallest absolute Gasteiger partial charge is 0.0556 e. The van der Waals surface area contributed by atoms with Gasteiger partial charge in [-0.05, 0) is 89.5 Å². The predicted octanol–water partition coefficient (Wildman–Crippen LogP) is 15.0. The standard InChI is InChI=1S/C54H47N/c1-52(2,3)48-46-40-27-15-17-29-42(40)53(4,5)49(46)51(50-47(48)41-28-16-18-30-43(41)54(50,6)7)55(44-31-19-23-35-22-11-12-24-37(35)44)45-33-32-36(34-20-9-8-10-21-34)38-25-13-14-26-39(38)45/h8-33H,1-7H3. The predicted molar refractivity (Wildman–Crippen MR) is 235 cm³/mol. The number of rotatable bonds is 4. The maximum absolute atomic E-state index is 2.69. The fraction of sp³-hybridized carbons (Fsp3) is 0.185. The SMILES string of the molecule is CC(C)(C)c1c2c(c(N(c3cccc4ccccc34)c3ccc(-c4ccccc4)c4ccccc34)c3c1-c1ccccc1C3(C)C)C(C)(C)c1ccccc1-2. The van der Waals surface area contributed by atoms with Gasteiger partial charge in [0.25, 0.3) is 0 Å². The molecule has 0 saturated heterocycles. The molecule has 0 heterocycles. The van der Waals surface area contributed by atoms with Crippen LogP contribution in [0.3, 0.4) is 0 Å². The van der Waals surface area contributed by atoms with Crippen LogP contribution in [0.5, 0.6) is 0 Å². The van der Waals surface area contributed by atoms with Crippen LogP contribution in [0.25, 0.3) is 54.9 Å². The average molecular weight is 710 g/mol. The van der Waals surface area contributed by atoms with Gasteiger partial charge >= 0.3 is 0 Å². The summed E-state index contributed by atoms with van der Waals surface area (Å²) in [5.41, 5.74) is 18.1. The van der Waals surface area contributed by atoms with Crippen molar-refractivity contribution in [1.82, 2.24) is 0 Å². The van der Waals surface area contributed by atoms with Crippen LogP contribution in [0.2, 0.25) is 0 Å². The van der Waals surface area contributed by atoms with E-state index in [1.165, 1.54) is 99.8 Å². The van der Waals surface area contributed by atoms with Crippen molar-refractivity contribution in [2.75, 3.05) is 4.90 Å². The van der Waals surface area contributed by atoms with E-state index in [2.05, 4.69) is 211 Å². The first kappa shape index (κ1) is 33.6. The van der Waals surface area contributed by atoms with Crippen LogP contribution < -0.4 is 4.90 Å². The molecule has 8 aromatic carbocycles. The highest BCUT2D eigenvalue weighted by molar-refractivity contribution is 6.12. The maximum Gasteiger partial charge on any atom is 0.0556 e. The number of benzene rings is 8. The summed E-state index contributed by atoms with van der Waals surface area (Å²) < 4.78 is 0. The first-order valence-corrected chi connectivity index (χ1v) is 19.8. The van der Waals surface area contributed by atoms with E-state index in [4.69, 9.17) is 0 Å². The Morgan fingerprint density at radius 3 is 1.53 bits per heavy atom. The summed E-state index contributed by atoms with van der Waals surface area (Å²) >= 11 is 0.